The molecule has 2 aromatic carbocycles. The van der Waals surface area contributed by atoms with Crippen LogP contribution in [-0.4, -0.2) is 13.0 Å². The molecular weight excluding hydrogens is 286 g/mol. The van der Waals surface area contributed by atoms with Crippen molar-refractivity contribution in [2.75, 3.05) is 12.4 Å². The Hall–Kier alpha value is -2.26. The number of hydrogen-bond acceptors (Lipinski definition) is 2. The molecule has 0 spiro atoms. The minimum absolute atomic E-state index is 0.184. The zero-order valence-corrected chi connectivity index (χ0v) is 12.6. The summed E-state index contributed by atoms with van der Waals surface area (Å²) in [5, 5.41) is 3.42. The normalized spacial score (nSPS) is 10.6. The van der Waals surface area contributed by atoms with E-state index >= 15 is 0 Å². The highest BCUT2D eigenvalue weighted by atomic mass is 35.5. The molecule has 1 amide bonds. The van der Waals surface area contributed by atoms with E-state index in [9.17, 15) is 4.79 Å². The van der Waals surface area contributed by atoms with Crippen molar-refractivity contribution < 1.29 is 9.53 Å². The summed E-state index contributed by atoms with van der Waals surface area (Å²) >= 11 is 6.31. The predicted octanol–water partition coefficient (Wildman–Crippen LogP) is 4.53. The van der Waals surface area contributed by atoms with E-state index in [-0.39, 0.29) is 5.91 Å². The van der Waals surface area contributed by atoms with Crippen LogP contribution in [0.15, 0.2) is 54.6 Å². The number of amides is 1. The molecule has 3 nitrogen and oxygen atoms in total. The van der Waals surface area contributed by atoms with Gasteiger partial charge >= 0.3 is 0 Å². The van der Waals surface area contributed by atoms with Crippen LogP contribution >= 0.6 is 11.6 Å². The number of hydrogen-bond donors (Lipinski definition) is 1. The van der Waals surface area contributed by atoms with Crippen LogP contribution in [0.1, 0.15) is 6.92 Å². The fourth-order valence-electron chi connectivity index (χ4n) is 2.07. The fraction of sp³-hybridized carbons (Fsp3) is 0.118. The van der Waals surface area contributed by atoms with E-state index in [1.165, 1.54) is 6.08 Å². The Kier molecular flexibility index (Phi) is 5.01. The number of carbonyl (C=O) groups excluding carboxylic acids is 1. The minimum atomic E-state index is -0.184. The van der Waals surface area contributed by atoms with E-state index in [2.05, 4.69) is 5.32 Å². The lowest BCUT2D eigenvalue weighted by molar-refractivity contribution is -0.111. The Balaban J connectivity index is 2.53. The molecule has 0 unspecified atom stereocenters. The van der Waals surface area contributed by atoms with Crippen LogP contribution in [0.25, 0.3) is 11.1 Å². The van der Waals surface area contributed by atoms with Gasteiger partial charge in [-0.2, -0.15) is 0 Å². The monoisotopic (exact) mass is 301 g/mol. The molecule has 0 fully saturated rings. The van der Waals surface area contributed by atoms with Crippen LogP contribution < -0.4 is 10.1 Å². The molecule has 2 rings (SSSR count). The summed E-state index contributed by atoms with van der Waals surface area (Å²) < 4.78 is 5.38. The average molecular weight is 302 g/mol. The number of methoxy groups -OCH3 is 1. The number of nitrogens with one attached hydrogen (secondary N) is 1. The van der Waals surface area contributed by atoms with Crippen molar-refractivity contribution >= 4 is 23.2 Å². The number of ether oxygens (including phenoxy) is 1. The largest absolute Gasteiger partial charge is 0.496 e. The summed E-state index contributed by atoms with van der Waals surface area (Å²) in [7, 11) is 1.59. The van der Waals surface area contributed by atoms with Gasteiger partial charge in [0.15, 0.2) is 0 Å². The van der Waals surface area contributed by atoms with E-state index in [1.807, 2.05) is 36.4 Å². The van der Waals surface area contributed by atoms with E-state index in [0.717, 1.165) is 11.1 Å². The Labute approximate surface area is 129 Å². The lowest BCUT2D eigenvalue weighted by Gasteiger charge is -2.14. The van der Waals surface area contributed by atoms with Gasteiger partial charge in [0.05, 0.1) is 12.1 Å². The third-order valence-corrected chi connectivity index (χ3v) is 3.28. The number of rotatable bonds is 4. The zero-order valence-electron chi connectivity index (χ0n) is 11.9. The zero-order chi connectivity index (χ0) is 15.2. The molecule has 0 aromatic heterocycles. The predicted molar refractivity (Wildman–Crippen MR) is 86.9 cm³/mol. The second kappa shape index (κ2) is 6.95. The Morgan fingerprint density at radius 1 is 1.19 bits per heavy atom. The molecule has 0 bridgehead atoms. The van der Waals surface area contributed by atoms with Gasteiger partial charge in [-0.25, -0.2) is 0 Å². The topological polar surface area (TPSA) is 38.3 Å². The Morgan fingerprint density at radius 2 is 1.95 bits per heavy atom. The molecule has 0 atom stereocenters. The molecule has 0 heterocycles. The van der Waals surface area contributed by atoms with Gasteiger partial charge in [0.1, 0.15) is 5.75 Å². The van der Waals surface area contributed by atoms with E-state index in [4.69, 9.17) is 16.3 Å². The van der Waals surface area contributed by atoms with Gasteiger partial charge in [-0.3, -0.25) is 4.79 Å². The van der Waals surface area contributed by atoms with Crippen molar-refractivity contribution in [3.05, 3.63) is 59.6 Å². The first-order chi connectivity index (χ1) is 10.2. The number of benzene rings is 2. The number of allylic oxidation sites excluding steroid dienone is 1. The molecule has 0 aliphatic carbocycles. The van der Waals surface area contributed by atoms with Crippen LogP contribution in [0.5, 0.6) is 5.75 Å². The van der Waals surface area contributed by atoms with Gasteiger partial charge in [0.2, 0.25) is 5.91 Å². The maximum absolute atomic E-state index is 11.8. The first-order valence-electron chi connectivity index (χ1n) is 6.53. The smallest absolute Gasteiger partial charge is 0.248 e. The third-order valence-electron chi connectivity index (χ3n) is 2.97. The fourth-order valence-corrected chi connectivity index (χ4v) is 2.34. The van der Waals surface area contributed by atoms with Crippen LogP contribution in [-0.2, 0) is 4.79 Å². The van der Waals surface area contributed by atoms with Crippen molar-refractivity contribution in [1.29, 1.82) is 0 Å². The van der Waals surface area contributed by atoms with Crippen LogP contribution in [0.4, 0.5) is 5.69 Å². The summed E-state index contributed by atoms with van der Waals surface area (Å²) in [5.41, 5.74) is 2.27. The molecule has 0 saturated carbocycles. The van der Waals surface area contributed by atoms with Crippen molar-refractivity contribution in [2.24, 2.45) is 0 Å². The average Bonchev–Trinajstić information content (AvgIpc) is 2.48. The van der Waals surface area contributed by atoms with Crippen LogP contribution in [0.2, 0.25) is 5.02 Å². The molecule has 0 aliphatic rings. The second-order valence-corrected chi connectivity index (χ2v) is 4.76. The SMILES string of the molecule is CC=CC(=O)Nc1ccccc1-c1c(Cl)cccc1OC. The van der Waals surface area contributed by atoms with Gasteiger partial charge in [-0.1, -0.05) is 41.9 Å². The number of halogens is 1. The summed E-state index contributed by atoms with van der Waals surface area (Å²) in [6.07, 6.45) is 3.16. The molecule has 0 radical (unpaired) electrons. The minimum Gasteiger partial charge on any atom is -0.496 e. The number of para-hydroxylation sites is 1. The third kappa shape index (κ3) is 3.44. The molecule has 0 saturated heterocycles. The van der Waals surface area contributed by atoms with E-state index in [1.54, 1.807) is 26.2 Å². The standard InChI is InChI=1S/C17H16ClNO2/c1-3-7-16(20)19-14-10-5-4-8-12(14)17-13(18)9-6-11-15(17)21-2/h3-11H,1-2H3,(H,19,20). The number of carbonyl (C=O) groups is 1. The summed E-state index contributed by atoms with van der Waals surface area (Å²) in [6.45, 7) is 1.79. The molecule has 1 N–H and O–H groups in total. The first kappa shape index (κ1) is 15.1. The van der Waals surface area contributed by atoms with Gasteiger partial charge in [0.25, 0.3) is 0 Å². The summed E-state index contributed by atoms with van der Waals surface area (Å²) in [5.74, 6) is 0.478. The highest BCUT2D eigenvalue weighted by Gasteiger charge is 2.14. The number of anilines is 1. The first-order valence-corrected chi connectivity index (χ1v) is 6.90. The van der Waals surface area contributed by atoms with Gasteiger partial charge in [-0.15, -0.1) is 0 Å². The Bertz CT molecular complexity index is 680. The molecule has 0 aliphatic heterocycles. The van der Waals surface area contributed by atoms with E-state index in [0.29, 0.717) is 16.5 Å². The maximum Gasteiger partial charge on any atom is 0.248 e. The van der Waals surface area contributed by atoms with Gasteiger partial charge in [0, 0.05) is 16.8 Å². The lowest BCUT2D eigenvalue weighted by Crippen LogP contribution is -2.08. The molecule has 108 valence electrons. The molecule has 2 aromatic rings. The second-order valence-electron chi connectivity index (χ2n) is 4.35. The van der Waals surface area contributed by atoms with Gasteiger partial charge < -0.3 is 10.1 Å². The quantitative estimate of drug-likeness (QED) is 0.843. The van der Waals surface area contributed by atoms with Crippen molar-refractivity contribution in [2.45, 2.75) is 6.92 Å². The molecule has 4 heteroatoms. The molecular formula is C17H16ClNO2. The van der Waals surface area contributed by atoms with Crippen molar-refractivity contribution in [3.8, 4) is 16.9 Å². The van der Waals surface area contributed by atoms with Gasteiger partial charge in [-0.05, 0) is 31.2 Å². The van der Waals surface area contributed by atoms with Crippen LogP contribution in [0, 0.1) is 0 Å². The highest BCUT2D eigenvalue weighted by Crippen LogP contribution is 2.39. The molecule has 21 heavy (non-hydrogen) atoms. The highest BCUT2D eigenvalue weighted by molar-refractivity contribution is 6.34. The lowest BCUT2D eigenvalue weighted by atomic mass is 10.0. The maximum atomic E-state index is 11.8. The summed E-state index contributed by atoms with van der Waals surface area (Å²) in [4.78, 5) is 11.8. The van der Waals surface area contributed by atoms with Crippen LogP contribution in [0.3, 0.4) is 0 Å². The summed E-state index contributed by atoms with van der Waals surface area (Å²) in [6, 6.07) is 12.9. The Morgan fingerprint density at radius 3 is 2.67 bits per heavy atom. The van der Waals surface area contributed by atoms with Crippen molar-refractivity contribution in [1.82, 2.24) is 0 Å². The van der Waals surface area contributed by atoms with E-state index < -0.39 is 0 Å². The van der Waals surface area contributed by atoms with Crippen molar-refractivity contribution in [3.63, 3.8) is 0 Å².